The summed E-state index contributed by atoms with van der Waals surface area (Å²) in [5.74, 6) is 1.78. The molecule has 1 aliphatic carbocycles. The number of carbonyl (C=O) groups excluding carboxylic acids is 1. The molecule has 0 radical (unpaired) electrons. The number of hydrogen-bond acceptors (Lipinski definition) is 5. The van der Waals surface area contributed by atoms with Gasteiger partial charge in [0.25, 0.3) is 0 Å². The molecule has 1 aliphatic rings. The summed E-state index contributed by atoms with van der Waals surface area (Å²) in [4.78, 5) is 12.1. The van der Waals surface area contributed by atoms with Gasteiger partial charge in [0.2, 0.25) is 5.91 Å². The van der Waals surface area contributed by atoms with E-state index in [0.29, 0.717) is 34.4 Å². The van der Waals surface area contributed by atoms with Gasteiger partial charge in [0.1, 0.15) is 5.75 Å². The van der Waals surface area contributed by atoms with Crippen LogP contribution in [0.25, 0.3) is 17.1 Å². The van der Waals surface area contributed by atoms with Crippen LogP contribution in [0.5, 0.6) is 5.75 Å². The lowest BCUT2D eigenvalue weighted by Gasteiger charge is -2.12. The number of carbonyl (C=O) groups is 1. The van der Waals surface area contributed by atoms with E-state index in [4.69, 9.17) is 16.3 Å². The van der Waals surface area contributed by atoms with Crippen molar-refractivity contribution in [3.8, 4) is 22.8 Å². The quantitative estimate of drug-likeness (QED) is 0.540. The molecule has 1 heterocycles. The smallest absolute Gasteiger partial charge is 0.230 e. The first kappa shape index (κ1) is 19.8. The molecule has 0 spiro atoms. The Bertz CT molecular complexity index is 1000. The summed E-state index contributed by atoms with van der Waals surface area (Å²) in [7, 11) is 0. The zero-order valence-corrected chi connectivity index (χ0v) is 17.5. The maximum absolute atomic E-state index is 12.1. The molecule has 1 N–H and O–H groups in total. The van der Waals surface area contributed by atoms with Crippen molar-refractivity contribution in [1.82, 2.24) is 20.1 Å². The molecule has 3 aromatic rings. The van der Waals surface area contributed by atoms with Crippen molar-refractivity contribution in [2.75, 3.05) is 12.4 Å². The van der Waals surface area contributed by atoms with Gasteiger partial charge >= 0.3 is 0 Å². The molecular formula is C21H21ClN4O2S. The number of amides is 1. The molecule has 29 heavy (non-hydrogen) atoms. The van der Waals surface area contributed by atoms with Gasteiger partial charge in [0.05, 0.1) is 12.4 Å². The Hall–Kier alpha value is -2.51. The molecule has 6 nitrogen and oxygen atoms in total. The van der Waals surface area contributed by atoms with E-state index in [2.05, 4.69) is 15.5 Å². The van der Waals surface area contributed by atoms with E-state index < -0.39 is 0 Å². The largest absolute Gasteiger partial charge is 0.494 e. The summed E-state index contributed by atoms with van der Waals surface area (Å²) in [5.41, 5.74) is 1.74. The Morgan fingerprint density at radius 1 is 1.24 bits per heavy atom. The lowest BCUT2D eigenvalue weighted by Crippen LogP contribution is -2.27. The zero-order chi connectivity index (χ0) is 20.2. The average molecular weight is 429 g/mol. The lowest BCUT2D eigenvalue weighted by molar-refractivity contribution is -0.118. The Morgan fingerprint density at radius 3 is 2.72 bits per heavy atom. The third-order valence-corrected chi connectivity index (χ3v) is 5.56. The van der Waals surface area contributed by atoms with Crippen molar-refractivity contribution in [1.29, 1.82) is 0 Å². The Morgan fingerprint density at radius 2 is 2.03 bits per heavy atom. The topological polar surface area (TPSA) is 69.0 Å². The summed E-state index contributed by atoms with van der Waals surface area (Å²) < 4.78 is 7.49. The molecule has 8 heteroatoms. The van der Waals surface area contributed by atoms with Crippen molar-refractivity contribution in [3.63, 3.8) is 0 Å². The van der Waals surface area contributed by atoms with E-state index in [0.717, 1.165) is 29.8 Å². The number of rotatable bonds is 8. The molecule has 4 rings (SSSR count). The number of benzene rings is 2. The highest BCUT2D eigenvalue weighted by atomic mass is 35.5. The minimum Gasteiger partial charge on any atom is -0.494 e. The predicted octanol–water partition coefficient (Wildman–Crippen LogP) is 4.36. The van der Waals surface area contributed by atoms with Gasteiger partial charge in [-0.15, -0.1) is 10.2 Å². The lowest BCUT2D eigenvalue weighted by atomic mass is 10.2. The highest BCUT2D eigenvalue weighted by molar-refractivity contribution is 7.99. The van der Waals surface area contributed by atoms with Crippen LogP contribution >= 0.6 is 23.4 Å². The first-order valence-corrected chi connectivity index (χ1v) is 10.9. The minimum absolute atomic E-state index is 0.0167. The van der Waals surface area contributed by atoms with E-state index in [-0.39, 0.29) is 5.91 Å². The second kappa shape index (κ2) is 8.88. The van der Waals surface area contributed by atoms with Crippen LogP contribution in [-0.4, -0.2) is 39.1 Å². The standard InChI is InChI=1S/C21H21ClN4O2S/c1-2-28-18-10-8-17(9-11-18)26-20(14-4-3-5-15(22)12-14)24-25-21(26)29-13-19(27)23-16-6-7-16/h3-5,8-12,16H,2,6-7,13H2,1H3,(H,23,27). The van der Waals surface area contributed by atoms with E-state index in [1.165, 1.54) is 11.8 Å². The number of nitrogens with zero attached hydrogens (tertiary/aromatic N) is 3. The van der Waals surface area contributed by atoms with Crippen LogP contribution in [0.1, 0.15) is 19.8 Å². The summed E-state index contributed by atoms with van der Waals surface area (Å²) in [6.07, 6.45) is 2.13. The van der Waals surface area contributed by atoms with E-state index in [9.17, 15) is 4.79 Å². The van der Waals surface area contributed by atoms with E-state index in [1.54, 1.807) is 0 Å². The molecule has 1 aromatic heterocycles. The summed E-state index contributed by atoms with van der Waals surface area (Å²) in [6.45, 7) is 2.56. The van der Waals surface area contributed by atoms with Gasteiger partial charge in [-0.1, -0.05) is 35.5 Å². The zero-order valence-electron chi connectivity index (χ0n) is 16.0. The molecule has 0 aliphatic heterocycles. The van der Waals surface area contributed by atoms with Crippen LogP contribution in [-0.2, 0) is 4.79 Å². The number of nitrogens with one attached hydrogen (secondary N) is 1. The number of ether oxygens (including phenoxy) is 1. The van der Waals surface area contributed by atoms with Crippen molar-refractivity contribution in [3.05, 3.63) is 53.6 Å². The van der Waals surface area contributed by atoms with Crippen LogP contribution in [0.4, 0.5) is 0 Å². The van der Waals surface area contributed by atoms with Crippen LogP contribution in [0, 0.1) is 0 Å². The Balaban J connectivity index is 1.66. The fourth-order valence-electron chi connectivity index (χ4n) is 2.90. The van der Waals surface area contributed by atoms with Gasteiger partial charge in [-0.25, -0.2) is 0 Å². The third kappa shape index (κ3) is 4.92. The highest BCUT2D eigenvalue weighted by Crippen LogP contribution is 2.30. The Kier molecular flexibility index (Phi) is 6.06. The number of halogens is 1. The SMILES string of the molecule is CCOc1ccc(-n2c(SCC(=O)NC3CC3)nnc2-c2cccc(Cl)c2)cc1. The first-order chi connectivity index (χ1) is 14.1. The molecule has 1 amide bonds. The van der Waals surface area contributed by atoms with Gasteiger partial charge in [0.15, 0.2) is 11.0 Å². The van der Waals surface area contributed by atoms with Gasteiger partial charge in [-0.3, -0.25) is 9.36 Å². The molecular weight excluding hydrogens is 408 g/mol. The molecule has 0 bridgehead atoms. The first-order valence-electron chi connectivity index (χ1n) is 9.51. The van der Waals surface area contributed by atoms with E-state index in [1.807, 2.05) is 60.0 Å². The number of aromatic nitrogens is 3. The van der Waals surface area contributed by atoms with Gasteiger partial charge in [0, 0.05) is 22.3 Å². The molecule has 1 fully saturated rings. The highest BCUT2D eigenvalue weighted by Gasteiger charge is 2.24. The summed E-state index contributed by atoms with van der Waals surface area (Å²) in [5, 5.41) is 13.0. The molecule has 0 atom stereocenters. The van der Waals surface area contributed by atoms with Gasteiger partial charge in [-0.05, 0) is 56.2 Å². The van der Waals surface area contributed by atoms with Crippen molar-refractivity contribution in [2.45, 2.75) is 31.0 Å². The van der Waals surface area contributed by atoms with Crippen LogP contribution in [0.15, 0.2) is 53.7 Å². The van der Waals surface area contributed by atoms with Gasteiger partial charge in [-0.2, -0.15) is 0 Å². The molecule has 1 saturated carbocycles. The normalized spacial score (nSPS) is 13.3. The van der Waals surface area contributed by atoms with E-state index >= 15 is 0 Å². The van der Waals surface area contributed by atoms with Gasteiger partial charge < -0.3 is 10.1 Å². The number of thioether (sulfide) groups is 1. The molecule has 0 saturated heterocycles. The average Bonchev–Trinajstić information content (AvgIpc) is 3.43. The molecule has 0 unspecified atom stereocenters. The molecule has 2 aromatic carbocycles. The predicted molar refractivity (Wildman–Crippen MR) is 115 cm³/mol. The third-order valence-electron chi connectivity index (χ3n) is 4.40. The molecule has 150 valence electrons. The van der Waals surface area contributed by atoms with Crippen LogP contribution < -0.4 is 10.1 Å². The summed E-state index contributed by atoms with van der Waals surface area (Å²) >= 11 is 7.55. The second-order valence-corrected chi connectivity index (χ2v) is 8.09. The second-order valence-electron chi connectivity index (χ2n) is 6.71. The van der Waals surface area contributed by atoms with Crippen molar-refractivity contribution in [2.24, 2.45) is 0 Å². The fourth-order valence-corrected chi connectivity index (χ4v) is 3.85. The maximum Gasteiger partial charge on any atom is 0.230 e. The monoisotopic (exact) mass is 428 g/mol. The van der Waals surface area contributed by atoms with Crippen molar-refractivity contribution >= 4 is 29.3 Å². The fraction of sp³-hybridized carbons (Fsp3) is 0.286. The number of hydrogen-bond donors (Lipinski definition) is 1. The maximum atomic E-state index is 12.1. The summed E-state index contributed by atoms with van der Waals surface area (Å²) in [6, 6.07) is 15.6. The van der Waals surface area contributed by atoms with Crippen LogP contribution in [0.3, 0.4) is 0 Å². The van der Waals surface area contributed by atoms with Crippen LogP contribution in [0.2, 0.25) is 5.02 Å². The minimum atomic E-state index is 0.0167. The van der Waals surface area contributed by atoms with Crippen molar-refractivity contribution < 1.29 is 9.53 Å². The Labute approximate surface area is 178 Å².